The summed E-state index contributed by atoms with van der Waals surface area (Å²) < 4.78 is 26.7. The maximum Gasteiger partial charge on any atom is 0.303 e. The number of carbonyl (C=O) groups excluding carboxylic acids is 5. The Kier molecular flexibility index (Phi) is 15.0. The summed E-state index contributed by atoms with van der Waals surface area (Å²) in [5, 5.41) is 13.0. The van der Waals surface area contributed by atoms with E-state index in [0.29, 0.717) is 34.3 Å². The molecule has 4 aromatic rings. The molecule has 308 valence electrons. The number of ether oxygens (including phenoxy) is 5. The molecular weight excluding hydrogens is 777 g/mol. The highest BCUT2D eigenvalue weighted by Gasteiger charge is 2.63. The molecule has 0 fully saturated rings. The molecule has 1 heterocycles. The summed E-state index contributed by atoms with van der Waals surface area (Å²) in [6.45, 7) is 4.33. The van der Waals surface area contributed by atoms with E-state index in [2.05, 4.69) is 10.4 Å². The van der Waals surface area contributed by atoms with Crippen molar-refractivity contribution >= 4 is 52.9 Å². The lowest BCUT2D eigenvalue weighted by Crippen LogP contribution is -2.56. The first kappa shape index (κ1) is 43.6. The molecule has 1 N–H and O–H groups in total. The smallest absolute Gasteiger partial charge is 0.303 e. The molecule has 15 heteroatoms. The van der Waals surface area contributed by atoms with Crippen LogP contribution in [0.4, 0.5) is 11.4 Å². The molecule has 14 nitrogen and oxygen atoms in total. The predicted molar refractivity (Wildman–Crippen MR) is 220 cm³/mol. The summed E-state index contributed by atoms with van der Waals surface area (Å²) >= 11 is 1.15. The molecule has 59 heavy (non-hydrogen) atoms. The van der Waals surface area contributed by atoms with Gasteiger partial charge >= 0.3 is 23.9 Å². The quantitative estimate of drug-likeness (QED) is 0.0640. The first-order valence-electron chi connectivity index (χ1n) is 18.6. The van der Waals surface area contributed by atoms with E-state index in [1.54, 1.807) is 78.9 Å². The number of benzene rings is 4. The minimum Gasteiger partial charge on any atom is -0.497 e. The highest BCUT2D eigenvalue weighted by atomic mass is 32.2. The minimum atomic E-state index is -1.78. The minimum absolute atomic E-state index is 0.184. The van der Waals surface area contributed by atoms with Crippen LogP contribution in [-0.2, 0) is 54.2 Å². The molecule has 0 saturated heterocycles. The van der Waals surface area contributed by atoms with Gasteiger partial charge in [0.05, 0.1) is 23.7 Å². The first-order valence-corrected chi connectivity index (χ1v) is 19.4. The molecule has 0 spiro atoms. The van der Waals surface area contributed by atoms with Crippen molar-refractivity contribution in [1.29, 1.82) is 0 Å². The number of nitrogens with zero attached hydrogens (tertiary/aromatic N) is 3. The molecule has 1 aliphatic rings. The maximum atomic E-state index is 15.6. The highest BCUT2D eigenvalue weighted by molar-refractivity contribution is 8.04. The molecule has 0 unspecified atom stereocenters. The van der Waals surface area contributed by atoms with Crippen LogP contribution in [0, 0.1) is 5.92 Å². The van der Waals surface area contributed by atoms with Crippen molar-refractivity contribution in [2.75, 3.05) is 26.1 Å². The normalized spacial score (nSPS) is 17.6. The fourth-order valence-electron chi connectivity index (χ4n) is 6.71. The van der Waals surface area contributed by atoms with E-state index in [1.807, 2.05) is 48.3 Å². The van der Waals surface area contributed by atoms with Crippen LogP contribution in [0.5, 0.6) is 5.75 Å². The number of anilines is 1. The summed E-state index contributed by atoms with van der Waals surface area (Å²) in [6.07, 6.45) is -4.83. The molecule has 0 bridgehead atoms. The van der Waals surface area contributed by atoms with Gasteiger partial charge in [-0.1, -0.05) is 90.6 Å². The van der Waals surface area contributed by atoms with Gasteiger partial charge in [-0.15, -0.1) is 0 Å². The van der Waals surface area contributed by atoms with E-state index in [0.717, 1.165) is 45.0 Å². The molecule has 0 aliphatic carbocycles. The number of thioether (sulfide) groups is 1. The number of amides is 1. The average Bonchev–Trinajstić information content (AvgIpc) is 3.57. The van der Waals surface area contributed by atoms with Crippen molar-refractivity contribution in [1.82, 2.24) is 4.90 Å². The van der Waals surface area contributed by atoms with E-state index < -0.39 is 65.4 Å². The first-order chi connectivity index (χ1) is 28.3. The monoisotopic (exact) mass is 822 g/mol. The number of rotatable bonds is 17. The molecular formula is C44H46N4O10S. The number of hydrogen-bond acceptors (Lipinski definition) is 14. The second-order valence-corrected chi connectivity index (χ2v) is 14.8. The molecule has 0 aromatic heterocycles. The third kappa shape index (κ3) is 11.1. The van der Waals surface area contributed by atoms with Gasteiger partial charge in [-0.3, -0.25) is 24.0 Å². The summed E-state index contributed by atoms with van der Waals surface area (Å²) in [5.74, 6) is -4.55. The lowest BCUT2D eigenvalue weighted by molar-refractivity contribution is -0.193. The zero-order valence-corrected chi connectivity index (χ0v) is 34.3. The summed E-state index contributed by atoms with van der Waals surface area (Å²) in [4.78, 5) is 68.7. The topological polar surface area (TPSA) is 171 Å². The fraction of sp³-hybridized carbons (Fsp3) is 0.295. The lowest BCUT2D eigenvalue weighted by Gasteiger charge is -2.41. The zero-order chi connectivity index (χ0) is 42.5. The standard InChI is InChI=1S/C44H46N4O10S/c1-28(49)55-27-37(56-29(2)50)40(57-30(3)51)41(58-31(4)52)38-39(47-46-35-20-14-9-15-21-35)42(48(5)26-32-16-10-7-11-17-32)59-44(38,33-18-12-8-13-19-33)43(53)45-34-22-24-36(54-6)25-23-34/h7-25,37-38,40-41H,26-27H2,1-6H3,(H,45,53)/t37-,38-,40-,41-,44-/m1/s1. The summed E-state index contributed by atoms with van der Waals surface area (Å²) in [7, 11) is 3.36. The largest absolute Gasteiger partial charge is 0.497 e. The van der Waals surface area contributed by atoms with Crippen molar-refractivity contribution in [3.8, 4) is 5.75 Å². The Morgan fingerprint density at radius 3 is 1.86 bits per heavy atom. The number of carbonyl (C=O) groups is 5. The van der Waals surface area contributed by atoms with Gasteiger partial charge in [-0.2, -0.15) is 10.2 Å². The van der Waals surface area contributed by atoms with Crippen molar-refractivity contribution in [3.05, 3.63) is 137 Å². The second-order valence-electron chi connectivity index (χ2n) is 13.5. The molecule has 1 aliphatic heterocycles. The van der Waals surface area contributed by atoms with E-state index >= 15 is 4.79 Å². The Labute approximate surface area is 346 Å². The molecule has 5 atom stereocenters. The van der Waals surface area contributed by atoms with Gasteiger partial charge in [-0.05, 0) is 47.5 Å². The lowest BCUT2D eigenvalue weighted by atomic mass is 9.76. The van der Waals surface area contributed by atoms with Crippen molar-refractivity contribution < 1.29 is 47.7 Å². The van der Waals surface area contributed by atoms with Crippen LogP contribution in [0.25, 0.3) is 0 Å². The van der Waals surface area contributed by atoms with Crippen molar-refractivity contribution in [2.24, 2.45) is 16.1 Å². The highest BCUT2D eigenvalue weighted by Crippen LogP contribution is 2.60. The molecule has 4 aromatic carbocycles. The second kappa shape index (κ2) is 20.3. The predicted octanol–water partition coefficient (Wildman–Crippen LogP) is 7.34. The Bertz CT molecular complexity index is 2150. The van der Waals surface area contributed by atoms with E-state index in [4.69, 9.17) is 28.8 Å². The Morgan fingerprint density at radius 1 is 0.729 bits per heavy atom. The third-order valence-corrected chi connectivity index (χ3v) is 10.8. The van der Waals surface area contributed by atoms with Crippen LogP contribution in [0.15, 0.2) is 136 Å². The van der Waals surface area contributed by atoms with Gasteiger partial charge < -0.3 is 33.9 Å². The Balaban J connectivity index is 1.87. The summed E-state index contributed by atoms with van der Waals surface area (Å²) in [5.41, 5.74) is 2.46. The van der Waals surface area contributed by atoms with E-state index in [-0.39, 0.29) is 5.70 Å². The molecule has 5 rings (SSSR count). The Hall–Kier alpha value is -6.48. The van der Waals surface area contributed by atoms with Crippen LogP contribution in [0.1, 0.15) is 38.8 Å². The molecule has 0 radical (unpaired) electrons. The van der Waals surface area contributed by atoms with Gasteiger partial charge in [0.1, 0.15) is 22.8 Å². The molecule has 0 saturated carbocycles. The number of azo groups is 1. The number of esters is 4. The van der Waals surface area contributed by atoms with Gasteiger partial charge in [0.25, 0.3) is 0 Å². The summed E-state index contributed by atoms with van der Waals surface area (Å²) in [6, 6.07) is 34.1. The maximum absolute atomic E-state index is 15.6. The number of nitrogens with one attached hydrogen (secondary N) is 1. The van der Waals surface area contributed by atoms with Crippen LogP contribution < -0.4 is 10.1 Å². The van der Waals surface area contributed by atoms with E-state index in [1.165, 1.54) is 7.11 Å². The van der Waals surface area contributed by atoms with Crippen molar-refractivity contribution in [3.63, 3.8) is 0 Å². The third-order valence-electron chi connectivity index (χ3n) is 9.13. The van der Waals surface area contributed by atoms with Crippen LogP contribution in [-0.4, -0.2) is 73.8 Å². The SMILES string of the molecule is COc1ccc(NC(=O)[C@]2(c3ccccc3)SC(N(C)Cc3ccccc3)=C(N=Nc3ccccc3)[C@@H]2[C@@H](OC(C)=O)[C@H](OC(C)=O)[C@@H](COC(C)=O)OC(C)=O)cc1. The number of hydrogen-bond donors (Lipinski definition) is 1. The van der Waals surface area contributed by atoms with Crippen LogP contribution >= 0.6 is 11.8 Å². The van der Waals surface area contributed by atoms with Gasteiger partial charge in [0, 0.05) is 47.0 Å². The van der Waals surface area contributed by atoms with Crippen molar-refractivity contribution in [2.45, 2.75) is 57.3 Å². The average molecular weight is 823 g/mol. The van der Waals surface area contributed by atoms with Gasteiger partial charge in [-0.25, -0.2) is 0 Å². The van der Waals surface area contributed by atoms with Gasteiger partial charge in [0.15, 0.2) is 18.3 Å². The Morgan fingerprint density at radius 2 is 1.31 bits per heavy atom. The van der Waals surface area contributed by atoms with Crippen LogP contribution in [0.3, 0.4) is 0 Å². The van der Waals surface area contributed by atoms with Crippen LogP contribution in [0.2, 0.25) is 0 Å². The van der Waals surface area contributed by atoms with Gasteiger partial charge in [0.2, 0.25) is 5.91 Å². The fourth-order valence-corrected chi connectivity index (χ4v) is 8.28. The van der Waals surface area contributed by atoms with E-state index in [9.17, 15) is 19.2 Å². The number of methoxy groups -OCH3 is 1. The molecule has 1 amide bonds. The zero-order valence-electron chi connectivity index (χ0n) is 33.5.